The molecule has 1 aromatic rings. The molecular formula is C13H19BrN2O2S2. The molecule has 1 fully saturated rings. The van der Waals surface area contributed by atoms with Gasteiger partial charge < -0.3 is 10.6 Å². The number of rotatable bonds is 4. The van der Waals surface area contributed by atoms with Gasteiger partial charge in [-0.3, -0.25) is 0 Å². The van der Waals surface area contributed by atoms with Crippen molar-refractivity contribution in [1.29, 1.82) is 0 Å². The molecule has 2 rings (SSSR count). The Morgan fingerprint density at radius 3 is 2.85 bits per heavy atom. The normalized spacial score (nSPS) is 20.1. The second-order valence-electron chi connectivity index (χ2n) is 4.87. The Kier molecular flexibility index (Phi) is 5.39. The number of halogens is 1. The Labute approximate surface area is 133 Å². The molecule has 0 radical (unpaired) electrons. The topological polar surface area (TPSA) is 63.4 Å². The number of benzene rings is 1. The molecule has 20 heavy (non-hydrogen) atoms. The molecule has 0 amide bonds. The van der Waals surface area contributed by atoms with Crippen molar-refractivity contribution in [3.8, 4) is 0 Å². The maximum atomic E-state index is 11.9. The maximum absolute atomic E-state index is 11.9. The van der Waals surface area contributed by atoms with Gasteiger partial charge >= 0.3 is 0 Å². The Hall–Kier alpha value is -0.240. The van der Waals surface area contributed by atoms with E-state index in [1.807, 2.05) is 23.1 Å². The summed E-state index contributed by atoms with van der Waals surface area (Å²) in [5.74, 6) is 1.58. The minimum absolute atomic E-state index is 0.437. The van der Waals surface area contributed by atoms with E-state index in [-0.39, 0.29) is 0 Å². The summed E-state index contributed by atoms with van der Waals surface area (Å²) in [5.41, 5.74) is 7.68. The van der Waals surface area contributed by atoms with Gasteiger partial charge in [0, 0.05) is 34.5 Å². The minimum atomic E-state index is -3.09. The van der Waals surface area contributed by atoms with Gasteiger partial charge in [-0.1, -0.05) is 22.0 Å². The van der Waals surface area contributed by atoms with Crippen LogP contribution in [0.5, 0.6) is 0 Å². The number of anilines is 1. The molecule has 1 atom stereocenters. The quantitative estimate of drug-likeness (QED) is 0.866. The van der Waals surface area contributed by atoms with Crippen molar-refractivity contribution < 1.29 is 8.42 Å². The summed E-state index contributed by atoms with van der Waals surface area (Å²) in [6, 6.07) is 6.01. The van der Waals surface area contributed by atoms with E-state index in [4.69, 9.17) is 5.73 Å². The van der Waals surface area contributed by atoms with E-state index < -0.39 is 15.2 Å². The predicted octanol–water partition coefficient (Wildman–Crippen LogP) is 1.87. The van der Waals surface area contributed by atoms with Crippen LogP contribution in [0.4, 0.5) is 5.69 Å². The smallest absolute Gasteiger partial charge is 0.169 e. The SMILES string of the molecule is CS(=O)(=O)C1CSCCN1c1ccc(CCN)c(Br)c1. The molecule has 1 heterocycles. The van der Waals surface area contributed by atoms with Crippen LogP contribution in [-0.2, 0) is 16.3 Å². The van der Waals surface area contributed by atoms with Gasteiger partial charge in [-0.2, -0.15) is 11.8 Å². The molecule has 0 aromatic heterocycles. The van der Waals surface area contributed by atoms with Gasteiger partial charge in [0.25, 0.3) is 0 Å². The fourth-order valence-electron chi connectivity index (χ4n) is 2.30. The van der Waals surface area contributed by atoms with E-state index >= 15 is 0 Å². The second kappa shape index (κ2) is 6.68. The third-order valence-corrected chi connectivity index (χ3v) is 6.74. The van der Waals surface area contributed by atoms with Crippen LogP contribution in [0.25, 0.3) is 0 Å². The van der Waals surface area contributed by atoms with Crippen LogP contribution < -0.4 is 10.6 Å². The van der Waals surface area contributed by atoms with E-state index in [1.165, 1.54) is 6.26 Å². The lowest BCUT2D eigenvalue weighted by Gasteiger charge is -2.36. The predicted molar refractivity (Wildman–Crippen MR) is 90.2 cm³/mol. The van der Waals surface area contributed by atoms with E-state index in [0.717, 1.165) is 34.4 Å². The van der Waals surface area contributed by atoms with Crippen molar-refractivity contribution in [2.75, 3.05) is 35.8 Å². The Morgan fingerprint density at radius 1 is 1.50 bits per heavy atom. The van der Waals surface area contributed by atoms with Crippen molar-refractivity contribution in [2.24, 2.45) is 5.73 Å². The van der Waals surface area contributed by atoms with Crippen LogP contribution in [-0.4, -0.2) is 44.6 Å². The molecule has 1 aromatic carbocycles. The van der Waals surface area contributed by atoms with Crippen molar-refractivity contribution in [3.05, 3.63) is 28.2 Å². The summed E-state index contributed by atoms with van der Waals surface area (Å²) >= 11 is 5.24. The van der Waals surface area contributed by atoms with Gasteiger partial charge in [0.05, 0.1) is 0 Å². The highest BCUT2D eigenvalue weighted by Crippen LogP contribution is 2.30. The van der Waals surface area contributed by atoms with Crippen LogP contribution in [0.2, 0.25) is 0 Å². The van der Waals surface area contributed by atoms with E-state index in [2.05, 4.69) is 15.9 Å². The number of nitrogens with zero attached hydrogens (tertiary/aromatic N) is 1. The fourth-order valence-corrected chi connectivity index (χ4v) is 5.71. The first kappa shape index (κ1) is 16.1. The standard InChI is InChI=1S/C13H19BrN2O2S2/c1-20(17,18)13-9-19-7-6-16(13)11-3-2-10(4-5-15)12(14)8-11/h2-3,8,13H,4-7,9,15H2,1H3. The van der Waals surface area contributed by atoms with Crippen LogP contribution in [0.3, 0.4) is 0 Å². The lowest BCUT2D eigenvalue weighted by atomic mass is 10.1. The fraction of sp³-hybridized carbons (Fsp3) is 0.538. The monoisotopic (exact) mass is 378 g/mol. The zero-order valence-electron chi connectivity index (χ0n) is 11.4. The summed E-state index contributed by atoms with van der Waals surface area (Å²) in [7, 11) is -3.09. The maximum Gasteiger partial charge on any atom is 0.169 e. The lowest BCUT2D eigenvalue weighted by molar-refractivity contribution is 0.584. The minimum Gasteiger partial charge on any atom is -0.353 e. The molecular weight excluding hydrogens is 360 g/mol. The molecule has 1 unspecified atom stereocenters. The summed E-state index contributed by atoms with van der Waals surface area (Å²) in [4.78, 5) is 1.99. The average molecular weight is 379 g/mol. The van der Waals surface area contributed by atoms with E-state index in [1.54, 1.807) is 11.8 Å². The van der Waals surface area contributed by atoms with E-state index in [9.17, 15) is 8.42 Å². The van der Waals surface area contributed by atoms with Crippen LogP contribution in [0.1, 0.15) is 5.56 Å². The van der Waals surface area contributed by atoms with Gasteiger partial charge in [0.2, 0.25) is 0 Å². The number of sulfone groups is 1. The summed E-state index contributed by atoms with van der Waals surface area (Å²) in [5, 5.41) is -0.437. The van der Waals surface area contributed by atoms with Crippen LogP contribution >= 0.6 is 27.7 Å². The van der Waals surface area contributed by atoms with Crippen LogP contribution in [0.15, 0.2) is 22.7 Å². The van der Waals surface area contributed by atoms with Crippen LogP contribution in [0, 0.1) is 0 Å². The molecule has 0 saturated carbocycles. The van der Waals surface area contributed by atoms with Crippen molar-refractivity contribution in [1.82, 2.24) is 0 Å². The number of hydrogen-bond acceptors (Lipinski definition) is 5. The number of thioether (sulfide) groups is 1. The van der Waals surface area contributed by atoms with E-state index in [0.29, 0.717) is 12.3 Å². The molecule has 1 aliphatic rings. The summed E-state index contributed by atoms with van der Waals surface area (Å²) < 4.78 is 24.9. The van der Waals surface area contributed by atoms with Gasteiger partial charge in [0.1, 0.15) is 5.37 Å². The molecule has 0 spiro atoms. The lowest BCUT2D eigenvalue weighted by Crippen LogP contribution is -2.47. The van der Waals surface area contributed by atoms with Crippen molar-refractivity contribution in [2.45, 2.75) is 11.8 Å². The van der Waals surface area contributed by atoms with Gasteiger partial charge in [0.15, 0.2) is 9.84 Å². The third kappa shape index (κ3) is 3.69. The molecule has 112 valence electrons. The Bertz CT molecular complexity index is 578. The molecule has 4 nitrogen and oxygen atoms in total. The molecule has 0 bridgehead atoms. The molecule has 1 saturated heterocycles. The highest BCUT2D eigenvalue weighted by molar-refractivity contribution is 9.10. The first-order valence-corrected chi connectivity index (χ1v) is 10.4. The Morgan fingerprint density at radius 2 is 2.25 bits per heavy atom. The molecule has 0 aliphatic carbocycles. The van der Waals surface area contributed by atoms with Crippen molar-refractivity contribution >= 4 is 43.2 Å². The van der Waals surface area contributed by atoms with Gasteiger partial charge in [-0.25, -0.2) is 8.42 Å². The first-order valence-electron chi connectivity index (χ1n) is 6.45. The molecule has 7 heteroatoms. The second-order valence-corrected chi connectivity index (χ2v) is 9.07. The van der Waals surface area contributed by atoms with Gasteiger partial charge in [-0.05, 0) is 30.7 Å². The largest absolute Gasteiger partial charge is 0.353 e. The molecule has 2 N–H and O–H groups in total. The average Bonchev–Trinajstić information content (AvgIpc) is 2.40. The summed E-state index contributed by atoms with van der Waals surface area (Å²) in [6.07, 6.45) is 2.13. The third-order valence-electron chi connectivity index (χ3n) is 3.36. The Balaban J connectivity index is 2.31. The number of nitrogens with two attached hydrogens (primary N) is 1. The van der Waals surface area contributed by atoms with Gasteiger partial charge in [-0.15, -0.1) is 0 Å². The highest BCUT2D eigenvalue weighted by atomic mass is 79.9. The number of hydrogen-bond donors (Lipinski definition) is 1. The highest BCUT2D eigenvalue weighted by Gasteiger charge is 2.31. The molecule has 1 aliphatic heterocycles. The zero-order valence-corrected chi connectivity index (χ0v) is 14.6. The summed E-state index contributed by atoms with van der Waals surface area (Å²) in [6.45, 7) is 1.36. The first-order chi connectivity index (χ1) is 9.43. The zero-order chi connectivity index (χ0) is 14.8. The van der Waals surface area contributed by atoms with Crippen molar-refractivity contribution in [3.63, 3.8) is 0 Å².